The zero-order chi connectivity index (χ0) is 11.4. The summed E-state index contributed by atoms with van der Waals surface area (Å²) >= 11 is 0. The molecule has 0 fully saturated rings. The van der Waals surface area contributed by atoms with Crippen molar-refractivity contribution in [2.24, 2.45) is 5.10 Å². The SMILES string of the molecule is C/C(=N/NC(=O)c1ccco1)c1ccco1. The van der Waals surface area contributed by atoms with Crippen LogP contribution in [0.15, 0.2) is 50.7 Å². The second kappa shape index (κ2) is 4.48. The Bertz CT molecular complexity index is 483. The smallest absolute Gasteiger partial charge is 0.307 e. The molecule has 1 amide bonds. The molecule has 0 aromatic carbocycles. The number of furan rings is 2. The van der Waals surface area contributed by atoms with Crippen molar-refractivity contribution in [1.29, 1.82) is 0 Å². The first kappa shape index (κ1) is 10.2. The first-order valence-corrected chi connectivity index (χ1v) is 4.69. The van der Waals surface area contributed by atoms with E-state index in [0.717, 1.165) is 0 Å². The van der Waals surface area contributed by atoms with E-state index >= 15 is 0 Å². The van der Waals surface area contributed by atoms with Gasteiger partial charge < -0.3 is 8.83 Å². The fourth-order valence-corrected chi connectivity index (χ4v) is 1.14. The second-order valence-corrected chi connectivity index (χ2v) is 3.09. The lowest BCUT2D eigenvalue weighted by atomic mass is 10.3. The maximum atomic E-state index is 11.4. The van der Waals surface area contributed by atoms with Gasteiger partial charge in [0.05, 0.1) is 12.5 Å². The van der Waals surface area contributed by atoms with Crippen LogP contribution in [0.3, 0.4) is 0 Å². The van der Waals surface area contributed by atoms with Crippen LogP contribution >= 0.6 is 0 Å². The maximum absolute atomic E-state index is 11.4. The third-order valence-electron chi connectivity index (χ3n) is 1.95. The van der Waals surface area contributed by atoms with Gasteiger partial charge in [0.25, 0.3) is 0 Å². The van der Waals surface area contributed by atoms with Crippen LogP contribution < -0.4 is 5.43 Å². The van der Waals surface area contributed by atoms with E-state index < -0.39 is 5.91 Å². The first-order chi connectivity index (χ1) is 7.77. The van der Waals surface area contributed by atoms with Crippen LogP contribution in [-0.4, -0.2) is 11.6 Å². The normalized spacial score (nSPS) is 11.4. The second-order valence-electron chi connectivity index (χ2n) is 3.09. The van der Waals surface area contributed by atoms with Gasteiger partial charge in [-0.2, -0.15) is 5.10 Å². The van der Waals surface area contributed by atoms with Gasteiger partial charge in [-0.25, -0.2) is 5.43 Å². The van der Waals surface area contributed by atoms with Gasteiger partial charge in [0.15, 0.2) is 5.76 Å². The average Bonchev–Trinajstić information content (AvgIpc) is 2.95. The van der Waals surface area contributed by atoms with Gasteiger partial charge in [0.1, 0.15) is 11.5 Å². The van der Waals surface area contributed by atoms with Crippen LogP contribution in [0.4, 0.5) is 0 Å². The molecule has 2 aromatic rings. The molecule has 0 atom stereocenters. The summed E-state index contributed by atoms with van der Waals surface area (Å²) in [5, 5.41) is 3.89. The lowest BCUT2D eigenvalue weighted by Gasteiger charge is -1.97. The van der Waals surface area contributed by atoms with Crippen molar-refractivity contribution in [1.82, 2.24) is 5.43 Å². The number of carbonyl (C=O) groups is 1. The van der Waals surface area contributed by atoms with E-state index in [9.17, 15) is 4.79 Å². The van der Waals surface area contributed by atoms with Crippen molar-refractivity contribution < 1.29 is 13.6 Å². The minimum Gasteiger partial charge on any atom is -0.463 e. The molecule has 0 bridgehead atoms. The molecule has 0 radical (unpaired) electrons. The highest BCUT2D eigenvalue weighted by Crippen LogP contribution is 2.02. The zero-order valence-electron chi connectivity index (χ0n) is 8.64. The van der Waals surface area contributed by atoms with Gasteiger partial charge in [-0.3, -0.25) is 4.79 Å². The zero-order valence-corrected chi connectivity index (χ0v) is 8.64. The Balaban J connectivity index is 2.02. The van der Waals surface area contributed by atoms with Crippen molar-refractivity contribution in [3.8, 4) is 0 Å². The third kappa shape index (κ3) is 2.20. The minimum atomic E-state index is -0.393. The molecule has 5 nitrogen and oxygen atoms in total. The maximum Gasteiger partial charge on any atom is 0.307 e. The summed E-state index contributed by atoms with van der Waals surface area (Å²) in [5.74, 6) is 0.437. The van der Waals surface area contributed by atoms with Crippen molar-refractivity contribution in [2.75, 3.05) is 0 Å². The highest BCUT2D eigenvalue weighted by Gasteiger charge is 2.07. The molecule has 5 heteroatoms. The van der Waals surface area contributed by atoms with Gasteiger partial charge in [-0.1, -0.05) is 0 Å². The number of hydrogen-bond donors (Lipinski definition) is 1. The van der Waals surface area contributed by atoms with Crippen molar-refractivity contribution >= 4 is 11.6 Å². The summed E-state index contributed by atoms with van der Waals surface area (Å²) in [5.41, 5.74) is 2.96. The van der Waals surface area contributed by atoms with E-state index in [0.29, 0.717) is 11.5 Å². The molecule has 0 spiro atoms. The monoisotopic (exact) mass is 218 g/mol. The molecule has 0 aliphatic rings. The summed E-state index contributed by atoms with van der Waals surface area (Å²) < 4.78 is 10.0. The number of hydrogen-bond acceptors (Lipinski definition) is 4. The largest absolute Gasteiger partial charge is 0.463 e. The number of rotatable bonds is 3. The number of hydrazone groups is 1. The summed E-state index contributed by atoms with van der Waals surface area (Å²) in [6, 6.07) is 6.71. The lowest BCUT2D eigenvalue weighted by molar-refractivity contribution is 0.0927. The Hall–Kier alpha value is -2.30. The van der Waals surface area contributed by atoms with E-state index in [4.69, 9.17) is 8.83 Å². The van der Waals surface area contributed by atoms with Crippen LogP contribution in [0.1, 0.15) is 23.2 Å². The molecular formula is C11H10N2O3. The summed E-state index contributed by atoms with van der Waals surface area (Å²) in [7, 11) is 0. The third-order valence-corrected chi connectivity index (χ3v) is 1.95. The van der Waals surface area contributed by atoms with Crippen LogP contribution in [-0.2, 0) is 0 Å². The number of carbonyl (C=O) groups excluding carboxylic acids is 1. The molecule has 2 heterocycles. The molecule has 0 aliphatic heterocycles. The number of nitrogens with zero attached hydrogens (tertiary/aromatic N) is 1. The van der Waals surface area contributed by atoms with Gasteiger partial charge >= 0.3 is 5.91 Å². The number of amides is 1. The summed E-state index contributed by atoms with van der Waals surface area (Å²) in [6.45, 7) is 1.74. The fraction of sp³-hybridized carbons (Fsp3) is 0.0909. The molecule has 16 heavy (non-hydrogen) atoms. The quantitative estimate of drug-likeness (QED) is 0.633. The van der Waals surface area contributed by atoms with E-state index in [2.05, 4.69) is 10.5 Å². The highest BCUT2D eigenvalue weighted by atomic mass is 16.3. The molecule has 0 saturated heterocycles. The Kier molecular flexibility index (Phi) is 2.86. The molecule has 1 N–H and O–H groups in total. The van der Waals surface area contributed by atoms with E-state index in [1.807, 2.05) is 0 Å². The van der Waals surface area contributed by atoms with Gasteiger partial charge in [-0.05, 0) is 31.2 Å². The predicted molar refractivity (Wildman–Crippen MR) is 57.1 cm³/mol. The molecule has 0 aliphatic carbocycles. The fourth-order valence-electron chi connectivity index (χ4n) is 1.14. The molecule has 0 unspecified atom stereocenters. The summed E-state index contributed by atoms with van der Waals surface area (Å²) in [4.78, 5) is 11.4. The average molecular weight is 218 g/mol. The van der Waals surface area contributed by atoms with Crippen LogP contribution in [0, 0.1) is 0 Å². The standard InChI is InChI=1S/C11H10N2O3/c1-8(9-4-2-6-15-9)12-13-11(14)10-5-3-7-16-10/h2-7H,1H3,(H,13,14)/b12-8-. The van der Waals surface area contributed by atoms with Crippen LogP contribution in [0.5, 0.6) is 0 Å². The lowest BCUT2D eigenvalue weighted by Crippen LogP contribution is -2.18. The minimum absolute atomic E-state index is 0.219. The molecule has 0 saturated carbocycles. The van der Waals surface area contributed by atoms with Crippen LogP contribution in [0.2, 0.25) is 0 Å². The van der Waals surface area contributed by atoms with Crippen LogP contribution in [0.25, 0.3) is 0 Å². The first-order valence-electron chi connectivity index (χ1n) is 4.69. The molecular weight excluding hydrogens is 208 g/mol. The number of nitrogens with one attached hydrogen (secondary N) is 1. The molecule has 2 rings (SSSR count). The van der Waals surface area contributed by atoms with E-state index in [1.54, 1.807) is 37.5 Å². The van der Waals surface area contributed by atoms with Crippen molar-refractivity contribution in [3.05, 3.63) is 48.3 Å². The van der Waals surface area contributed by atoms with E-state index in [-0.39, 0.29) is 5.76 Å². The van der Waals surface area contributed by atoms with Crippen molar-refractivity contribution in [3.63, 3.8) is 0 Å². The molecule has 2 aromatic heterocycles. The Labute approximate surface area is 91.7 Å². The summed E-state index contributed by atoms with van der Waals surface area (Å²) in [6.07, 6.45) is 2.97. The molecule has 82 valence electrons. The Morgan fingerprint density at radius 1 is 1.19 bits per heavy atom. The van der Waals surface area contributed by atoms with Gasteiger partial charge in [0.2, 0.25) is 0 Å². The Morgan fingerprint density at radius 3 is 2.38 bits per heavy atom. The predicted octanol–water partition coefficient (Wildman–Crippen LogP) is 2.03. The van der Waals surface area contributed by atoms with E-state index in [1.165, 1.54) is 6.26 Å². The van der Waals surface area contributed by atoms with Gasteiger partial charge in [-0.15, -0.1) is 0 Å². The Morgan fingerprint density at radius 2 is 1.81 bits per heavy atom. The van der Waals surface area contributed by atoms with Gasteiger partial charge in [0, 0.05) is 0 Å². The topological polar surface area (TPSA) is 67.7 Å². The van der Waals surface area contributed by atoms with Crippen molar-refractivity contribution in [2.45, 2.75) is 6.92 Å². The highest BCUT2D eigenvalue weighted by molar-refractivity contribution is 5.98.